The smallest absolute Gasteiger partial charge is 0.336 e. The SMILES string of the molecule is O=C(COc1ccc2c(-c3ccc([N+](=O)[O-])cc3)cc(=O)oc2c1)NCCC1=CCCCC1. The fourth-order valence-electron chi connectivity index (χ4n) is 3.93. The molecule has 0 atom stereocenters. The number of nitro benzene ring substituents is 1. The Hall–Kier alpha value is -3.94. The Morgan fingerprint density at radius 1 is 1.12 bits per heavy atom. The minimum atomic E-state index is -0.553. The summed E-state index contributed by atoms with van der Waals surface area (Å²) in [4.78, 5) is 34.6. The highest BCUT2D eigenvalue weighted by Gasteiger charge is 2.12. The van der Waals surface area contributed by atoms with Crippen LogP contribution in [-0.4, -0.2) is 24.0 Å². The van der Waals surface area contributed by atoms with E-state index in [0.29, 0.717) is 34.4 Å². The molecule has 3 aromatic rings. The van der Waals surface area contributed by atoms with Gasteiger partial charge in [-0.2, -0.15) is 0 Å². The second-order valence-electron chi connectivity index (χ2n) is 7.94. The maximum absolute atomic E-state index is 12.1. The third-order valence-corrected chi connectivity index (χ3v) is 5.63. The Morgan fingerprint density at radius 2 is 1.94 bits per heavy atom. The second-order valence-corrected chi connectivity index (χ2v) is 7.94. The quantitative estimate of drug-likeness (QED) is 0.230. The lowest BCUT2D eigenvalue weighted by molar-refractivity contribution is -0.384. The molecule has 2 aromatic carbocycles. The van der Waals surface area contributed by atoms with Crippen molar-refractivity contribution in [2.45, 2.75) is 32.1 Å². The summed E-state index contributed by atoms with van der Waals surface area (Å²) >= 11 is 0. The van der Waals surface area contributed by atoms with E-state index in [1.165, 1.54) is 36.6 Å². The molecule has 1 aliphatic rings. The molecule has 33 heavy (non-hydrogen) atoms. The third-order valence-electron chi connectivity index (χ3n) is 5.63. The molecule has 1 aromatic heterocycles. The topological polar surface area (TPSA) is 112 Å². The predicted molar refractivity (Wildman–Crippen MR) is 124 cm³/mol. The molecule has 0 fully saturated rings. The monoisotopic (exact) mass is 448 g/mol. The maximum Gasteiger partial charge on any atom is 0.336 e. The first-order chi connectivity index (χ1) is 16.0. The Balaban J connectivity index is 1.42. The number of rotatable bonds is 8. The molecule has 0 bridgehead atoms. The average Bonchev–Trinajstić information content (AvgIpc) is 2.82. The number of benzene rings is 2. The van der Waals surface area contributed by atoms with Crippen LogP contribution in [0.3, 0.4) is 0 Å². The van der Waals surface area contributed by atoms with Crippen LogP contribution < -0.4 is 15.7 Å². The van der Waals surface area contributed by atoms with Crippen LogP contribution in [0, 0.1) is 10.1 Å². The molecule has 0 spiro atoms. The van der Waals surface area contributed by atoms with E-state index >= 15 is 0 Å². The third kappa shape index (κ3) is 5.65. The number of ether oxygens (including phenoxy) is 1. The van der Waals surface area contributed by atoms with Crippen molar-refractivity contribution in [1.29, 1.82) is 0 Å². The van der Waals surface area contributed by atoms with Crippen molar-refractivity contribution in [3.63, 3.8) is 0 Å². The summed E-state index contributed by atoms with van der Waals surface area (Å²) in [6.07, 6.45) is 7.81. The van der Waals surface area contributed by atoms with Crippen molar-refractivity contribution in [1.82, 2.24) is 5.32 Å². The van der Waals surface area contributed by atoms with Gasteiger partial charge in [0, 0.05) is 36.2 Å². The molecule has 8 nitrogen and oxygen atoms in total. The lowest BCUT2D eigenvalue weighted by atomic mass is 9.97. The van der Waals surface area contributed by atoms with Crippen LogP contribution in [0.1, 0.15) is 32.1 Å². The summed E-state index contributed by atoms with van der Waals surface area (Å²) in [7, 11) is 0. The lowest BCUT2D eigenvalue weighted by Gasteiger charge is -2.13. The Bertz CT molecular complexity index is 1260. The number of allylic oxidation sites excluding steroid dienone is 1. The van der Waals surface area contributed by atoms with E-state index in [-0.39, 0.29) is 18.2 Å². The molecular formula is C25H24N2O6. The van der Waals surface area contributed by atoms with Crippen LogP contribution in [0.5, 0.6) is 5.75 Å². The van der Waals surface area contributed by atoms with Gasteiger partial charge in [0.15, 0.2) is 6.61 Å². The van der Waals surface area contributed by atoms with Crippen LogP contribution in [0.15, 0.2) is 69.4 Å². The zero-order chi connectivity index (χ0) is 23.2. The maximum atomic E-state index is 12.1. The molecule has 8 heteroatoms. The highest BCUT2D eigenvalue weighted by Crippen LogP contribution is 2.30. The normalized spacial score (nSPS) is 13.4. The van der Waals surface area contributed by atoms with E-state index in [2.05, 4.69) is 11.4 Å². The Kier molecular flexibility index (Phi) is 6.83. The van der Waals surface area contributed by atoms with Crippen molar-refractivity contribution in [3.05, 3.63) is 80.7 Å². The fraction of sp³-hybridized carbons (Fsp3) is 0.280. The van der Waals surface area contributed by atoms with Gasteiger partial charge in [-0.05, 0) is 67.5 Å². The van der Waals surface area contributed by atoms with Gasteiger partial charge in [-0.25, -0.2) is 4.79 Å². The van der Waals surface area contributed by atoms with Crippen molar-refractivity contribution in [2.24, 2.45) is 0 Å². The zero-order valence-corrected chi connectivity index (χ0v) is 18.0. The highest BCUT2D eigenvalue weighted by atomic mass is 16.6. The number of nitrogens with zero attached hydrogens (tertiary/aromatic N) is 1. The van der Waals surface area contributed by atoms with E-state index in [1.54, 1.807) is 30.3 Å². The van der Waals surface area contributed by atoms with E-state index in [0.717, 1.165) is 19.3 Å². The molecule has 1 aliphatic carbocycles. The predicted octanol–water partition coefficient (Wildman–Crippen LogP) is 4.75. The van der Waals surface area contributed by atoms with Gasteiger partial charge < -0.3 is 14.5 Å². The molecule has 1 N–H and O–H groups in total. The minimum Gasteiger partial charge on any atom is -0.484 e. The number of non-ortho nitro benzene ring substituents is 1. The number of amides is 1. The van der Waals surface area contributed by atoms with Crippen molar-refractivity contribution >= 4 is 22.6 Å². The number of hydrogen-bond donors (Lipinski definition) is 1. The summed E-state index contributed by atoms with van der Waals surface area (Å²) in [5.74, 6) is 0.184. The van der Waals surface area contributed by atoms with Gasteiger partial charge in [0.05, 0.1) is 4.92 Å². The summed E-state index contributed by atoms with van der Waals surface area (Å²) in [5.41, 5.74) is 2.36. The summed E-state index contributed by atoms with van der Waals surface area (Å²) in [6, 6.07) is 12.3. The molecule has 1 amide bonds. The van der Waals surface area contributed by atoms with Crippen molar-refractivity contribution < 1.29 is 18.9 Å². The molecule has 1 heterocycles. The molecule has 0 unspecified atom stereocenters. The molecule has 170 valence electrons. The number of fused-ring (bicyclic) bond motifs is 1. The van der Waals surface area contributed by atoms with Crippen LogP contribution in [-0.2, 0) is 4.79 Å². The summed E-state index contributed by atoms with van der Waals surface area (Å²) in [5, 5.41) is 14.4. The zero-order valence-electron chi connectivity index (χ0n) is 18.0. The van der Waals surface area contributed by atoms with Crippen LogP contribution in [0.25, 0.3) is 22.1 Å². The Labute approximate surface area is 190 Å². The van der Waals surface area contributed by atoms with Gasteiger partial charge in [-0.1, -0.05) is 11.6 Å². The van der Waals surface area contributed by atoms with Crippen LogP contribution in [0.2, 0.25) is 0 Å². The van der Waals surface area contributed by atoms with Crippen molar-refractivity contribution in [2.75, 3.05) is 13.2 Å². The molecule has 4 rings (SSSR count). The van der Waals surface area contributed by atoms with E-state index in [4.69, 9.17) is 9.15 Å². The largest absolute Gasteiger partial charge is 0.484 e. The number of hydrogen-bond acceptors (Lipinski definition) is 6. The number of nitrogens with one attached hydrogen (secondary N) is 1. The highest BCUT2D eigenvalue weighted by molar-refractivity contribution is 5.94. The second kappa shape index (κ2) is 10.1. The standard InChI is InChI=1S/C25H24N2O6/c28-24(26-13-12-17-4-2-1-3-5-17)16-32-20-10-11-21-22(15-25(29)33-23(21)14-20)18-6-8-19(9-7-18)27(30)31/h4,6-11,14-15H,1-3,5,12-13,16H2,(H,26,28). The van der Waals surface area contributed by atoms with E-state index < -0.39 is 10.5 Å². The number of carbonyl (C=O) groups excluding carboxylic acids is 1. The fourth-order valence-corrected chi connectivity index (χ4v) is 3.93. The molecule has 0 saturated heterocycles. The number of nitro groups is 1. The lowest BCUT2D eigenvalue weighted by Crippen LogP contribution is -2.30. The van der Waals surface area contributed by atoms with Gasteiger partial charge >= 0.3 is 5.63 Å². The molecule has 0 aliphatic heterocycles. The van der Waals surface area contributed by atoms with Crippen LogP contribution >= 0.6 is 0 Å². The van der Waals surface area contributed by atoms with Gasteiger partial charge in [0.1, 0.15) is 11.3 Å². The average molecular weight is 448 g/mol. The summed E-state index contributed by atoms with van der Waals surface area (Å²) < 4.78 is 10.9. The first-order valence-electron chi connectivity index (χ1n) is 10.9. The van der Waals surface area contributed by atoms with Gasteiger partial charge in [0.25, 0.3) is 11.6 Å². The summed E-state index contributed by atoms with van der Waals surface area (Å²) in [6.45, 7) is 0.441. The van der Waals surface area contributed by atoms with Crippen molar-refractivity contribution in [3.8, 4) is 16.9 Å². The van der Waals surface area contributed by atoms with Gasteiger partial charge in [-0.3, -0.25) is 14.9 Å². The first-order valence-corrected chi connectivity index (χ1v) is 10.9. The van der Waals surface area contributed by atoms with Gasteiger partial charge in [-0.15, -0.1) is 0 Å². The molecular weight excluding hydrogens is 424 g/mol. The minimum absolute atomic E-state index is 0.0320. The molecule has 0 saturated carbocycles. The van der Waals surface area contributed by atoms with E-state index in [9.17, 15) is 19.7 Å². The first kappa shape index (κ1) is 22.3. The Morgan fingerprint density at radius 3 is 2.67 bits per heavy atom. The van der Waals surface area contributed by atoms with Gasteiger partial charge in [0.2, 0.25) is 0 Å². The molecule has 0 radical (unpaired) electrons. The van der Waals surface area contributed by atoms with E-state index in [1.807, 2.05) is 0 Å². The number of carbonyl (C=O) groups is 1. The van der Waals surface area contributed by atoms with Crippen LogP contribution in [0.4, 0.5) is 5.69 Å².